The number of rotatable bonds is 6. The minimum absolute atomic E-state index is 0.664. The van der Waals surface area contributed by atoms with Gasteiger partial charge in [0.05, 0.1) is 18.8 Å². The standard InChI is InChI=1S/C22H21N5O/c1-15-4-3-5-17(10-15)27-22-19-11-21(24-13-20(19)25-14-26-22)23-12-16-6-8-18(28-2)9-7-16/h3-11,13-14H,12H2,1-2H3,(H,23,24)(H,25,26,27). The van der Waals surface area contributed by atoms with Crippen molar-refractivity contribution in [1.82, 2.24) is 15.0 Å². The van der Waals surface area contributed by atoms with E-state index in [9.17, 15) is 0 Å². The van der Waals surface area contributed by atoms with Gasteiger partial charge in [-0.05, 0) is 48.4 Å². The van der Waals surface area contributed by atoms with E-state index < -0.39 is 0 Å². The van der Waals surface area contributed by atoms with Gasteiger partial charge in [-0.15, -0.1) is 0 Å². The van der Waals surface area contributed by atoms with E-state index in [1.54, 1.807) is 19.6 Å². The van der Waals surface area contributed by atoms with Crippen molar-refractivity contribution in [3.05, 3.63) is 78.2 Å². The third-order valence-corrected chi connectivity index (χ3v) is 4.44. The summed E-state index contributed by atoms with van der Waals surface area (Å²) in [6, 6.07) is 18.1. The zero-order valence-electron chi connectivity index (χ0n) is 15.8. The van der Waals surface area contributed by atoms with Crippen LogP contribution in [0.4, 0.5) is 17.3 Å². The molecule has 0 saturated carbocycles. The predicted octanol–water partition coefficient (Wildman–Crippen LogP) is 4.70. The number of hydrogen-bond donors (Lipinski definition) is 2. The second-order valence-electron chi connectivity index (χ2n) is 6.51. The number of methoxy groups -OCH3 is 1. The van der Waals surface area contributed by atoms with Crippen LogP contribution in [-0.2, 0) is 6.54 Å². The van der Waals surface area contributed by atoms with Gasteiger partial charge in [0.25, 0.3) is 0 Å². The Morgan fingerprint density at radius 2 is 1.82 bits per heavy atom. The number of pyridine rings is 1. The van der Waals surface area contributed by atoms with Gasteiger partial charge < -0.3 is 15.4 Å². The molecule has 2 aromatic heterocycles. The van der Waals surface area contributed by atoms with Crippen LogP contribution in [0, 0.1) is 6.92 Å². The summed E-state index contributed by atoms with van der Waals surface area (Å²) in [5.41, 5.74) is 4.11. The highest BCUT2D eigenvalue weighted by Gasteiger charge is 2.07. The van der Waals surface area contributed by atoms with Crippen molar-refractivity contribution in [3.8, 4) is 5.75 Å². The molecule has 4 aromatic rings. The molecule has 0 saturated heterocycles. The van der Waals surface area contributed by atoms with Crippen LogP contribution >= 0.6 is 0 Å². The summed E-state index contributed by atoms with van der Waals surface area (Å²) >= 11 is 0. The summed E-state index contributed by atoms with van der Waals surface area (Å²) in [5, 5.41) is 7.65. The lowest BCUT2D eigenvalue weighted by atomic mass is 10.2. The van der Waals surface area contributed by atoms with E-state index in [2.05, 4.69) is 44.6 Å². The van der Waals surface area contributed by atoms with E-state index in [1.165, 1.54) is 5.56 Å². The molecule has 2 N–H and O–H groups in total. The molecule has 0 unspecified atom stereocenters. The Morgan fingerprint density at radius 3 is 2.61 bits per heavy atom. The topological polar surface area (TPSA) is 72.0 Å². The Hall–Kier alpha value is -3.67. The normalized spacial score (nSPS) is 10.6. The van der Waals surface area contributed by atoms with E-state index in [4.69, 9.17) is 4.74 Å². The monoisotopic (exact) mass is 371 g/mol. The summed E-state index contributed by atoms with van der Waals surface area (Å²) in [6.45, 7) is 2.73. The van der Waals surface area contributed by atoms with Crippen LogP contribution in [0.2, 0.25) is 0 Å². The van der Waals surface area contributed by atoms with Crippen molar-refractivity contribution >= 4 is 28.2 Å². The number of anilines is 3. The van der Waals surface area contributed by atoms with Crippen molar-refractivity contribution in [2.24, 2.45) is 0 Å². The van der Waals surface area contributed by atoms with Crippen molar-refractivity contribution in [1.29, 1.82) is 0 Å². The third-order valence-electron chi connectivity index (χ3n) is 4.44. The lowest BCUT2D eigenvalue weighted by molar-refractivity contribution is 0.414. The minimum Gasteiger partial charge on any atom is -0.497 e. The molecule has 2 aromatic carbocycles. The highest BCUT2D eigenvalue weighted by Crippen LogP contribution is 2.25. The molecule has 0 aliphatic carbocycles. The molecule has 6 heteroatoms. The van der Waals surface area contributed by atoms with Crippen LogP contribution < -0.4 is 15.4 Å². The SMILES string of the molecule is COc1ccc(CNc2cc3c(Nc4cccc(C)c4)ncnc3cn2)cc1. The first-order valence-electron chi connectivity index (χ1n) is 9.02. The maximum Gasteiger partial charge on any atom is 0.141 e. The Labute approximate surface area is 163 Å². The van der Waals surface area contributed by atoms with Crippen molar-refractivity contribution in [3.63, 3.8) is 0 Å². The number of benzene rings is 2. The average molecular weight is 371 g/mol. The molecule has 0 spiro atoms. The average Bonchev–Trinajstić information content (AvgIpc) is 2.73. The maximum atomic E-state index is 5.20. The lowest BCUT2D eigenvalue weighted by Crippen LogP contribution is -2.02. The van der Waals surface area contributed by atoms with Gasteiger partial charge in [0.15, 0.2) is 0 Å². The molecule has 0 amide bonds. The first kappa shape index (κ1) is 17.7. The first-order chi connectivity index (χ1) is 13.7. The number of hydrogen-bond acceptors (Lipinski definition) is 6. The molecule has 2 heterocycles. The van der Waals surface area contributed by atoms with Crippen molar-refractivity contribution in [2.75, 3.05) is 17.7 Å². The minimum atomic E-state index is 0.664. The van der Waals surface area contributed by atoms with Gasteiger partial charge >= 0.3 is 0 Å². The number of nitrogens with one attached hydrogen (secondary N) is 2. The molecule has 0 fully saturated rings. The third kappa shape index (κ3) is 4.01. The van der Waals surface area contributed by atoms with Crippen molar-refractivity contribution in [2.45, 2.75) is 13.5 Å². The van der Waals surface area contributed by atoms with Gasteiger partial charge in [-0.25, -0.2) is 15.0 Å². The van der Waals surface area contributed by atoms with Gasteiger partial charge in [-0.1, -0.05) is 24.3 Å². The van der Waals surface area contributed by atoms with Crippen LogP contribution in [0.25, 0.3) is 10.9 Å². The molecule has 6 nitrogen and oxygen atoms in total. The summed E-state index contributed by atoms with van der Waals surface area (Å²) in [7, 11) is 1.66. The summed E-state index contributed by atoms with van der Waals surface area (Å²) in [6.07, 6.45) is 3.31. The van der Waals surface area contributed by atoms with E-state index >= 15 is 0 Å². The van der Waals surface area contributed by atoms with Gasteiger partial charge in [-0.3, -0.25) is 0 Å². The van der Waals surface area contributed by atoms with Crippen LogP contribution in [0.3, 0.4) is 0 Å². The van der Waals surface area contributed by atoms with Crippen LogP contribution in [0.1, 0.15) is 11.1 Å². The molecule has 0 radical (unpaired) electrons. The molecular formula is C22H21N5O. The number of aromatic nitrogens is 3. The maximum absolute atomic E-state index is 5.20. The van der Waals surface area contributed by atoms with Gasteiger partial charge in [0.1, 0.15) is 23.7 Å². The highest BCUT2D eigenvalue weighted by atomic mass is 16.5. The van der Waals surface area contributed by atoms with E-state index in [0.717, 1.165) is 39.5 Å². The molecule has 140 valence electrons. The predicted molar refractivity (Wildman–Crippen MR) is 112 cm³/mol. The summed E-state index contributed by atoms with van der Waals surface area (Å²) in [5.74, 6) is 2.37. The fourth-order valence-electron chi connectivity index (χ4n) is 2.95. The Kier molecular flexibility index (Phi) is 5.01. The molecule has 28 heavy (non-hydrogen) atoms. The number of aryl methyl sites for hydroxylation is 1. The second kappa shape index (κ2) is 7.92. The quantitative estimate of drug-likeness (QED) is 0.512. The Morgan fingerprint density at radius 1 is 0.964 bits per heavy atom. The Balaban J connectivity index is 1.56. The number of fused-ring (bicyclic) bond motifs is 1. The summed E-state index contributed by atoms with van der Waals surface area (Å²) < 4.78 is 5.20. The largest absolute Gasteiger partial charge is 0.497 e. The molecule has 0 aliphatic rings. The second-order valence-corrected chi connectivity index (χ2v) is 6.51. The van der Waals surface area contributed by atoms with E-state index in [0.29, 0.717) is 6.54 Å². The van der Waals surface area contributed by atoms with Crippen LogP contribution in [0.5, 0.6) is 5.75 Å². The lowest BCUT2D eigenvalue weighted by Gasteiger charge is -2.11. The smallest absolute Gasteiger partial charge is 0.141 e. The van der Waals surface area contributed by atoms with Gasteiger partial charge in [0.2, 0.25) is 0 Å². The molecular weight excluding hydrogens is 350 g/mol. The fourth-order valence-corrected chi connectivity index (χ4v) is 2.95. The van der Waals surface area contributed by atoms with Gasteiger partial charge in [-0.2, -0.15) is 0 Å². The fraction of sp³-hybridized carbons (Fsp3) is 0.136. The van der Waals surface area contributed by atoms with Crippen molar-refractivity contribution < 1.29 is 4.74 Å². The molecule has 0 atom stereocenters. The van der Waals surface area contributed by atoms with E-state index in [1.807, 2.05) is 42.5 Å². The molecule has 4 rings (SSSR count). The molecule has 0 bridgehead atoms. The first-order valence-corrected chi connectivity index (χ1v) is 9.02. The van der Waals surface area contributed by atoms with Crippen LogP contribution in [0.15, 0.2) is 67.1 Å². The number of ether oxygens (including phenoxy) is 1. The van der Waals surface area contributed by atoms with Crippen LogP contribution in [-0.4, -0.2) is 22.1 Å². The molecule has 0 aliphatic heterocycles. The Bertz CT molecular complexity index is 1100. The highest BCUT2D eigenvalue weighted by molar-refractivity contribution is 5.91. The van der Waals surface area contributed by atoms with Gasteiger partial charge in [0, 0.05) is 17.6 Å². The van der Waals surface area contributed by atoms with E-state index in [-0.39, 0.29) is 0 Å². The zero-order valence-corrected chi connectivity index (χ0v) is 15.8. The number of nitrogens with zero attached hydrogens (tertiary/aromatic N) is 3. The summed E-state index contributed by atoms with van der Waals surface area (Å²) in [4.78, 5) is 13.2. The zero-order chi connectivity index (χ0) is 19.3.